The molecular formula is C15H32N2. The summed E-state index contributed by atoms with van der Waals surface area (Å²) in [5.74, 6) is 1.62. The molecule has 1 rings (SSSR count). The van der Waals surface area contributed by atoms with Crippen LogP contribution in [-0.2, 0) is 0 Å². The second-order valence-corrected chi connectivity index (χ2v) is 7.22. The molecule has 0 aromatic rings. The zero-order valence-electron chi connectivity index (χ0n) is 12.7. The van der Waals surface area contributed by atoms with Gasteiger partial charge in [0, 0.05) is 24.7 Å². The second-order valence-electron chi connectivity index (χ2n) is 7.22. The van der Waals surface area contributed by atoms with E-state index >= 15 is 0 Å². The number of nitrogens with zero attached hydrogens (tertiary/aromatic N) is 1. The fraction of sp³-hybridized carbons (Fsp3) is 1.00. The van der Waals surface area contributed by atoms with Crippen molar-refractivity contribution in [2.75, 3.05) is 19.6 Å². The van der Waals surface area contributed by atoms with E-state index in [0.29, 0.717) is 0 Å². The summed E-state index contributed by atoms with van der Waals surface area (Å²) in [4.78, 5) is 2.68. The van der Waals surface area contributed by atoms with E-state index in [1.807, 2.05) is 0 Å². The molecule has 1 fully saturated rings. The SMILES string of the molecule is CC1CCC(C)N(CC(C)CNC(C)(C)C)C1. The molecule has 0 saturated carbocycles. The van der Waals surface area contributed by atoms with Crippen LogP contribution in [0.15, 0.2) is 0 Å². The zero-order chi connectivity index (χ0) is 13.1. The van der Waals surface area contributed by atoms with Gasteiger partial charge in [0.1, 0.15) is 0 Å². The van der Waals surface area contributed by atoms with Gasteiger partial charge in [-0.3, -0.25) is 0 Å². The fourth-order valence-corrected chi connectivity index (χ4v) is 2.58. The third-order valence-corrected chi connectivity index (χ3v) is 3.77. The summed E-state index contributed by atoms with van der Waals surface area (Å²) in [6, 6.07) is 0.781. The van der Waals surface area contributed by atoms with Gasteiger partial charge in [-0.2, -0.15) is 0 Å². The van der Waals surface area contributed by atoms with E-state index in [4.69, 9.17) is 0 Å². The highest BCUT2D eigenvalue weighted by Gasteiger charge is 2.24. The summed E-state index contributed by atoms with van der Waals surface area (Å²) in [6.45, 7) is 17.5. The van der Waals surface area contributed by atoms with Crippen LogP contribution in [0, 0.1) is 11.8 Å². The summed E-state index contributed by atoms with van der Waals surface area (Å²) in [6.07, 6.45) is 2.78. The maximum absolute atomic E-state index is 3.61. The van der Waals surface area contributed by atoms with E-state index in [1.54, 1.807) is 0 Å². The van der Waals surface area contributed by atoms with Gasteiger partial charge in [-0.25, -0.2) is 0 Å². The number of rotatable bonds is 4. The minimum atomic E-state index is 0.245. The molecule has 3 atom stereocenters. The first kappa shape index (κ1) is 15.0. The van der Waals surface area contributed by atoms with E-state index in [1.165, 1.54) is 25.9 Å². The van der Waals surface area contributed by atoms with Crippen molar-refractivity contribution < 1.29 is 0 Å². The van der Waals surface area contributed by atoms with Gasteiger partial charge in [0.25, 0.3) is 0 Å². The van der Waals surface area contributed by atoms with Crippen LogP contribution in [0.1, 0.15) is 54.4 Å². The van der Waals surface area contributed by atoms with Crippen molar-refractivity contribution >= 4 is 0 Å². The average molecular weight is 240 g/mol. The summed E-state index contributed by atoms with van der Waals surface area (Å²) >= 11 is 0. The molecule has 1 N–H and O–H groups in total. The van der Waals surface area contributed by atoms with Gasteiger partial charge >= 0.3 is 0 Å². The van der Waals surface area contributed by atoms with E-state index < -0.39 is 0 Å². The number of nitrogens with one attached hydrogen (secondary N) is 1. The Labute approximate surface area is 108 Å². The van der Waals surface area contributed by atoms with Crippen LogP contribution in [0.4, 0.5) is 0 Å². The maximum atomic E-state index is 3.61. The van der Waals surface area contributed by atoms with Crippen LogP contribution in [0.2, 0.25) is 0 Å². The molecule has 1 aliphatic heterocycles. The highest BCUT2D eigenvalue weighted by molar-refractivity contribution is 4.79. The molecule has 0 aromatic heterocycles. The van der Waals surface area contributed by atoms with Crippen LogP contribution >= 0.6 is 0 Å². The molecule has 1 heterocycles. The van der Waals surface area contributed by atoms with E-state index in [9.17, 15) is 0 Å². The number of hydrogen-bond acceptors (Lipinski definition) is 2. The second kappa shape index (κ2) is 6.19. The number of piperidine rings is 1. The summed E-state index contributed by atoms with van der Waals surface area (Å²) in [5.41, 5.74) is 0.245. The molecule has 2 heteroatoms. The van der Waals surface area contributed by atoms with Crippen molar-refractivity contribution in [1.29, 1.82) is 0 Å². The summed E-state index contributed by atoms with van der Waals surface area (Å²) in [5, 5.41) is 3.61. The largest absolute Gasteiger partial charge is 0.312 e. The van der Waals surface area contributed by atoms with Crippen molar-refractivity contribution in [3.63, 3.8) is 0 Å². The zero-order valence-corrected chi connectivity index (χ0v) is 12.7. The number of likely N-dealkylation sites (tertiary alicyclic amines) is 1. The highest BCUT2D eigenvalue weighted by Crippen LogP contribution is 2.22. The predicted molar refractivity (Wildman–Crippen MR) is 76.4 cm³/mol. The van der Waals surface area contributed by atoms with Gasteiger partial charge in [0.15, 0.2) is 0 Å². The van der Waals surface area contributed by atoms with Crippen molar-refractivity contribution in [3.05, 3.63) is 0 Å². The molecular weight excluding hydrogens is 208 g/mol. The van der Waals surface area contributed by atoms with Gasteiger partial charge in [0.05, 0.1) is 0 Å². The molecule has 17 heavy (non-hydrogen) atoms. The Morgan fingerprint density at radius 3 is 2.47 bits per heavy atom. The van der Waals surface area contributed by atoms with E-state index in [0.717, 1.165) is 24.4 Å². The van der Waals surface area contributed by atoms with Gasteiger partial charge < -0.3 is 10.2 Å². The Morgan fingerprint density at radius 1 is 1.24 bits per heavy atom. The Hall–Kier alpha value is -0.0800. The summed E-state index contributed by atoms with van der Waals surface area (Å²) < 4.78 is 0. The van der Waals surface area contributed by atoms with E-state index in [2.05, 4.69) is 51.8 Å². The van der Waals surface area contributed by atoms with Gasteiger partial charge in [0.2, 0.25) is 0 Å². The van der Waals surface area contributed by atoms with Crippen molar-refractivity contribution in [3.8, 4) is 0 Å². The minimum absolute atomic E-state index is 0.245. The van der Waals surface area contributed by atoms with Crippen LogP contribution in [0.25, 0.3) is 0 Å². The lowest BCUT2D eigenvalue weighted by Crippen LogP contribution is -2.46. The Bertz CT molecular complexity index is 219. The summed E-state index contributed by atoms with van der Waals surface area (Å²) in [7, 11) is 0. The third-order valence-electron chi connectivity index (χ3n) is 3.77. The smallest absolute Gasteiger partial charge is 0.00966 e. The first-order chi connectivity index (χ1) is 7.78. The van der Waals surface area contributed by atoms with Gasteiger partial charge in [-0.15, -0.1) is 0 Å². The molecule has 0 bridgehead atoms. The minimum Gasteiger partial charge on any atom is -0.312 e. The third kappa shape index (κ3) is 5.87. The van der Waals surface area contributed by atoms with Crippen LogP contribution in [0.3, 0.4) is 0 Å². The van der Waals surface area contributed by atoms with Crippen molar-refractivity contribution in [2.24, 2.45) is 11.8 Å². The topological polar surface area (TPSA) is 15.3 Å². The quantitative estimate of drug-likeness (QED) is 0.812. The standard InChI is InChI=1S/C15H32N2/c1-12-7-8-14(3)17(10-12)11-13(2)9-16-15(4,5)6/h12-14,16H,7-11H2,1-6H3. The molecule has 1 aliphatic rings. The Balaban J connectivity index is 2.31. The molecule has 0 aromatic carbocycles. The first-order valence-corrected chi connectivity index (χ1v) is 7.27. The fourth-order valence-electron chi connectivity index (χ4n) is 2.58. The monoisotopic (exact) mass is 240 g/mol. The molecule has 2 nitrogen and oxygen atoms in total. The average Bonchev–Trinajstić information content (AvgIpc) is 2.20. The molecule has 102 valence electrons. The molecule has 3 unspecified atom stereocenters. The van der Waals surface area contributed by atoms with Gasteiger partial charge in [-0.1, -0.05) is 13.8 Å². The highest BCUT2D eigenvalue weighted by atomic mass is 15.2. The predicted octanol–water partition coefficient (Wildman–Crippen LogP) is 3.13. The lowest BCUT2D eigenvalue weighted by molar-refractivity contribution is 0.106. The molecule has 0 spiro atoms. The van der Waals surface area contributed by atoms with Crippen molar-refractivity contribution in [2.45, 2.75) is 66.0 Å². The molecule has 1 saturated heterocycles. The maximum Gasteiger partial charge on any atom is 0.00966 e. The Morgan fingerprint density at radius 2 is 1.88 bits per heavy atom. The lowest BCUT2D eigenvalue weighted by Gasteiger charge is -2.38. The van der Waals surface area contributed by atoms with Crippen LogP contribution in [0.5, 0.6) is 0 Å². The normalized spacial score (nSPS) is 29.3. The van der Waals surface area contributed by atoms with Crippen LogP contribution in [-0.4, -0.2) is 36.1 Å². The van der Waals surface area contributed by atoms with Crippen LogP contribution < -0.4 is 5.32 Å². The first-order valence-electron chi connectivity index (χ1n) is 7.27. The Kier molecular flexibility index (Phi) is 5.46. The van der Waals surface area contributed by atoms with E-state index in [-0.39, 0.29) is 5.54 Å². The molecule has 0 radical (unpaired) electrons. The van der Waals surface area contributed by atoms with Gasteiger partial charge in [-0.05, 0) is 58.9 Å². The van der Waals surface area contributed by atoms with Crippen molar-refractivity contribution in [1.82, 2.24) is 10.2 Å². The lowest BCUT2D eigenvalue weighted by atomic mass is 9.94. The molecule has 0 aliphatic carbocycles. The molecule has 0 amide bonds. The number of hydrogen-bond donors (Lipinski definition) is 1.